The fourth-order valence-electron chi connectivity index (χ4n) is 1.82. The number of carbonyl (C=O) groups is 1. The second-order valence-electron chi connectivity index (χ2n) is 4.96. The molecule has 1 unspecified atom stereocenters. The number of ether oxygens (including phenoxy) is 2. The molecule has 5 nitrogen and oxygen atoms in total. The smallest absolute Gasteiger partial charge is 0.237 e. The molecule has 0 saturated heterocycles. The molecule has 1 aromatic carbocycles. The third-order valence-corrected chi connectivity index (χ3v) is 3.20. The molecular formula is C15H22N2O3. The topological polar surface area (TPSA) is 59.6 Å². The largest absolute Gasteiger partial charge is 0.493 e. The highest BCUT2D eigenvalue weighted by Gasteiger charge is 2.25. The quantitative estimate of drug-likeness (QED) is 0.704. The summed E-state index contributed by atoms with van der Waals surface area (Å²) < 4.78 is 10.8. The van der Waals surface area contributed by atoms with Gasteiger partial charge in [0.2, 0.25) is 5.91 Å². The normalized spacial score (nSPS) is 15.5. The van der Waals surface area contributed by atoms with Gasteiger partial charge in [-0.25, -0.2) is 0 Å². The fourth-order valence-corrected chi connectivity index (χ4v) is 1.82. The Morgan fingerprint density at radius 3 is 2.70 bits per heavy atom. The number of hydrogen-bond donors (Lipinski definition) is 2. The molecule has 5 heteroatoms. The third-order valence-electron chi connectivity index (χ3n) is 3.20. The van der Waals surface area contributed by atoms with Crippen molar-refractivity contribution < 1.29 is 14.3 Å². The van der Waals surface area contributed by atoms with Crippen LogP contribution in [0.15, 0.2) is 24.3 Å². The molecule has 1 saturated carbocycles. The van der Waals surface area contributed by atoms with E-state index in [9.17, 15) is 4.79 Å². The van der Waals surface area contributed by atoms with Gasteiger partial charge in [0.1, 0.15) is 6.61 Å². The van der Waals surface area contributed by atoms with Crippen molar-refractivity contribution in [3.8, 4) is 11.5 Å². The van der Waals surface area contributed by atoms with Gasteiger partial charge in [0.25, 0.3) is 0 Å². The van der Waals surface area contributed by atoms with Crippen LogP contribution in [0.5, 0.6) is 11.5 Å². The van der Waals surface area contributed by atoms with Gasteiger partial charge in [-0.05, 0) is 31.9 Å². The maximum absolute atomic E-state index is 11.7. The zero-order chi connectivity index (χ0) is 14.4. The summed E-state index contributed by atoms with van der Waals surface area (Å²) in [5.74, 6) is 1.49. The summed E-state index contributed by atoms with van der Waals surface area (Å²) >= 11 is 0. The van der Waals surface area contributed by atoms with Crippen molar-refractivity contribution in [1.29, 1.82) is 0 Å². The lowest BCUT2D eigenvalue weighted by Gasteiger charge is -2.15. The summed E-state index contributed by atoms with van der Waals surface area (Å²) in [5.41, 5.74) is 0. The van der Waals surface area contributed by atoms with Gasteiger partial charge in [-0.1, -0.05) is 12.1 Å². The van der Waals surface area contributed by atoms with Crippen LogP contribution in [0.3, 0.4) is 0 Å². The summed E-state index contributed by atoms with van der Waals surface area (Å²) in [6, 6.07) is 7.72. The van der Waals surface area contributed by atoms with E-state index >= 15 is 0 Å². The molecule has 0 bridgehead atoms. The van der Waals surface area contributed by atoms with E-state index in [1.807, 2.05) is 31.2 Å². The summed E-state index contributed by atoms with van der Waals surface area (Å²) in [5, 5.41) is 6.11. The molecule has 1 fully saturated rings. The second-order valence-corrected chi connectivity index (χ2v) is 4.96. The van der Waals surface area contributed by atoms with Crippen LogP contribution in [0.1, 0.15) is 19.8 Å². The SMILES string of the molecule is COc1ccccc1OCCNC(C)C(=O)NC1CC1. The Kier molecular flexibility index (Phi) is 5.24. The third kappa shape index (κ3) is 4.42. The Hall–Kier alpha value is -1.75. The predicted octanol–water partition coefficient (Wildman–Crippen LogP) is 1.33. The fraction of sp³-hybridized carbons (Fsp3) is 0.533. The monoisotopic (exact) mass is 278 g/mol. The Bertz CT molecular complexity index is 446. The molecule has 0 radical (unpaired) electrons. The van der Waals surface area contributed by atoms with Crippen LogP contribution in [0, 0.1) is 0 Å². The van der Waals surface area contributed by atoms with Crippen molar-refractivity contribution in [1.82, 2.24) is 10.6 Å². The lowest BCUT2D eigenvalue weighted by atomic mass is 10.3. The van der Waals surface area contributed by atoms with Gasteiger partial charge in [0, 0.05) is 12.6 Å². The van der Waals surface area contributed by atoms with Crippen LogP contribution in [-0.4, -0.2) is 38.3 Å². The molecule has 0 spiro atoms. The molecule has 1 aliphatic rings. The number of para-hydroxylation sites is 2. The molecule has 2 N–H and O–H groups in total. The Balaban J connectivity index is 1.66. The van der Waals surface area contributed by atoms with E-state index in [0.717, 1.165) is 12.8 Å². The van der Waals surface area contributed by atoms with E-state index in [1.165, 1.54) is 0 Å². The number of hydrogen-bond acceptors (Lipinski definition) is 4. The van der Waals surface area contributed by atoms with Gasteiger partial charge in [-0.15, -0.1) is 0 Å². The zero-order valence-corrected chi connectivity index (χ0v) is 12.0. The lowest BCUT2D eigenvalue weighted by Crippen LogP contribution is -2.44. The van der Waals surface area contributed by atoms with Crippen molar-refractivity contribution in [3.05, 3.63) is 24.3 Å². The van der Waals surface area contributed by atoms with E-state index in [-0.39, 0.29) is 11.9 Å². The van der Waals surface area contributed by atoms with Crippen molar-refractivity contribution in [2.75, 3.05) is 20.3 Å². The van der Waals surface area contributed by atoms with Crippen LogP contribution in [0.2, 0.25) is 0 Å². The highest BCUT2D eigenvalue weighted by molar-refractivity contribution is 5.81. The van der Waals surface area contributed by atoms with E-state index in [2.05, 4.69) is 10.6 Å². The van der Waals surface area contributed by atoms with Gasteiger partial charge in [-0.3, -0.25) is 4.79 Å². The Morgan fingerprint density at radius 2 is 2.05 bits per heavy atom. The van der Waals surface area contributed by atoms with E-state index in [0.29, 0.717) is 30.7 Å². The molecule has 0 heterocycles. The summed E-state index contributed by atoms with van der Waals surface area (Å²) in [6.07, 6.45) is 2.21. The molecule has 0 aromatic heterocycles. The molecule has 1 aliphatic carbocycles. The molecule has 1 atom stereocenters. The van der Waals surface area contributed by atoms with E-state index in [1.54, 1.807) is 7.11 Å². The minimum absolute atomic E-state index is 0.0600. The second kappa shape index (κ2) is 7.14. The zero-order valence-electron chi connectivity index (χ0n) is 12.0. The molecule has 2 rings (SSSR count). The molecule has 20 heavy (non-hydrogen) atoms. The molecular weight excluding hydrogens is 256 g/mol. The first-order chi connectivity index (χ1) is 9.70. The van der Waals surface area contributed by atoms with Crippen molar-refractivity contribution >= 4 is 5.91 Å². The number of rotatable bonds is 8. The Labute approximate surface area is 119 Å². The minimum atomic E-state index is -0.197. The maximum atomic E-state index is 11.7. The first-order valence-electron chi connectivity index (χ1n) is 7.00. The van der Waals surface area contributed by atoms with Gasteiger partial charge in [0.05, 0.1) is 13.2 Å². The Morgan fingerprint density at radius 1 is 1.35 bits per heavy atom. The maximum Gasteiger partial charge on any atom is 0.237 e. The average Bonchev–Trinajstić information content (AvgIpc) is 3.27. The van der Waals surface area contributed by atoms with Crippen LogP contribution in [0.4, 0.5) is 0 Å². The van der Waals surface area contributed by atoms with Gasteiger partial charge in [0.15, 0.2) is 11.5 Å². The van der Waals surface area contributed by atoms with E-state index < -0.39 is 0 Å². The van der Waals surface area contributed by atoms with Crippen LogP contribution >= 0.6 is 0 Å². The highest BCUT2D eigenvalue weighted by atomic mass is 16.5. The van der Waals surface area contributed by atoms with Crippen molar-refractivity contribution in [2.45, 2.75) is 31.8 Å². The van der Waals surface area contributed by atoms with Gasteiger partial charge >= 0.3 is 0 Å². The first-order valence-corrected chi connectivity index (χ1v) is 7.00. The predicted molar refractivity (Wildman–Crippen MR) is 77.1 cm³/mol. The molecule has 1 amide bonds. The van der Waals surface area contributed by atoms with Crippen LogP contribution in [0.25, 0.3) is 0 Å². The number of methoxy groups -OCH3 is 1. The van der Waals surface area contributed by atoms with Crippen molar-refractivity contribution in [2.24, 2.45) is 0 Å². The highest BCUT2D eigenvalue weighted by Crippen LogP contribution is 2.25. The van der Waals surface area contributed by atoms with Gasteiger partial charge < -0.3 is 20.1 Å². The molecule has 110 valence electrons. The van der Waals surface area contributed by atoms with E-state index in [4.69, 9.17) is 9.47 Å². The number of nitrogens with one attached hydrogen (secondary N) is 2. The van der Waals surface area contributed by atoms with Crippen molar-refractivity contribution in [3.63, 3.8) is 0 Å². The average molecular weight is 278 g/mol. The summed E-state index contributed by atoms with van der Waals surface area (Å²) in [7, 11) is 1.62. The lowest BCUT2D eigenvalue weighted by molar-refractivity contribution is -0.122. The molecule has 1 aromatic rings. The molecule has 0 aliphatic heterocycles. The summed E-state index contributed by atoms with van der Waals surface area (Å²) in [4.78, 5) is 11.7. The minimum Gasteiger partial charge on any atom is -0.493 e. The standard InChI is InChI=1S/C15H22N2O3/c1-11(15(18)17-12-7-8-12)16-9-10-20-14-6-4-3-5-13(14)19-2/h3-6,11-12,16H,7-10H2,1-2H3,(H,17,18). The van der Waals surface area contributed by atoms with Gasteiger partial charge in [-0.2, -0.15) is 0 Å². The van der Waals surface area contributed by atoms with Crippen LogP contribution < -0.4 is 20.1 Å². The number of carbonyl (C=O) groups excluding carboxylic acids is 1. The summed E-state index contributed by atoms with van der Waals surface area (Å²) in [6.45, 7) is 2.96. The number of benzene rings is 1. The first kappa shape index (κ1) is 14.7. The number of amides is 1. The van der Waals surface area contributed by atoms with Crippen LogP contribution in [-0.2, 0) is 4.79 Å².